The Labute approximate surface area is 103 Å². The molecule has 0 amide bonds. The first-order valence-corrected chi connectivity index (χ1v) is 6.50. The molecule has 0 aromatic heterocycles. The van der Waals surface area contributed by atoms with Crippen LogP contribution in [0.15, 0.2) is 0 Å². The van der Waals surface area contributed by atoms with Gasteiger partial charge in [0.25, 0.3) is 5.92 Å². The first-order valence-electron chi connectivity index (χ1n) is 6.50. The largest absolute Gasteiger partial charge is 0.400 e. The molecule has 0 aromatic rings. The van der Waals surface area contributed by atoms with Gasteiger partial charge in [0.2, 0.25) is 0 Å². The van der Waals surface area contributed by atoms with Crippen LogP contribution in [0.3, 0.4) is 0 Å². The molecule has 1 heterocycles. The van der Waals surface area contributed by atoms with Gasteiger partial charge in [-0.1, -0.05) is 20.3 Å². The van der Waals surface area contributed by atoms with Crippen LogP contribution in [0.25, 0.3) is 0 Å². The normalized spacial score (nSPS) is 30.4. The smallest absolute Gasteiger partial charge is 0.252 e. The van der Waals surface area contributed by atoms with Crippen molar-refractivity contribution in [2.24, 2.45) is 11.3 Å². The van der Waals surface area contributed by atoms with Crippen LogP contribution in [0.4, 0.5) is 8.78 Å². The second-order valence-electron chi connectivity index (χ2n) is 5.63. The van der Waals surface area contributed by atoms with E-state index in [1.807, 2.05) is 0 Å². The number of aliphatic hydroxyl groups excluding tert-OH is 1. The maximum atomic E-state index is 12.7. The monoisotopic (exact) mass is 249 g/mol. The fraction of sp³-hybridized carbons (Fsp3) is 1.00. The van der Waals surface area contributed by atoms with Gasteiger partial charge in [0.05, 0.1) is 0 Å². The van der Waals surface area contributed by atoms with E-state index in [9.17, 15) is 8.78 Å². The van der Waals surface area contributed by atoms with Crippen LogP contribution < -0.4 is 0 Å². The van der Waals surface area contributed by atoms with E-state index >= 15 is 0 Å². The van der Waals surface area contributed by atoms with Crippen LogP contribution in [0.1, 0.15) is 39.5 Å². The summed E-state index contributed by atoms with van der Waals surface area (Å²) < 4.78 is 25.5. The zero-order valence-corrected chi connectivity index (χ0v) is 11.2. The van der Waals surface area contributed by atoms with Crippen molar-refractivity contribution in [3.63, 3.8) is 0 Å². The number of nitrogens with zero attached hydrogens (tertiary/aromatic N) is 1. The molecule has 0 aromatic carbocycles. The highest BCUT2D eigenvalue weighted by atomic mass is 19.3. The third kappa shape index (κ3) is 3.88. The highest BCUT2D eigenvalue weighted by molar-refractivity contribution is 4.97. The van der Waals surface area contributed by atoms with Crippen LogP contribution in [0.2, 0.25) is 0 Å². The lowest BCUT2D eigenvalue weighted by Crippen LogP contribution is -2.39. The van der Waals surface area contributed by atoms with E-state index in [1.54, 1.807) is 0 Å². The first-order chi connectivity index (χ1) is 7.95. The van der Waals surface area contributed by atoms with Crippen LogP contribution in [0, 0.1) is 11.3 Å². The number of likely N-dealkylation sites (tertiary alicyclic amines) is 1. The molecule has 0 radical (unpaired) electrons. The predicted octanol–water partition coefficient (Wildman–Crippen LogP) is 2.76. The summed E-state index contributed by atoms with van der Waals surface area (Å²) in [6, 6.07) is 0. The number of aliphatic hydroxyl groups is 1. The Morgan fingerprint density at radius 1 is 1.24 bits per heavy atom. The molecule has 1 N–H and O–H groups in total. The molecular formula is C13H25F2NO. The van der Waals surface area contributed by atoms with Crippen LogP contribution in [0.5, 0.6) is 0 Å². The summed E-state index contributed by atoms with van der Waals surface area (Å²) >= 11 is 0. The lowest BCUT2D eigenvalue weighted by Gasteiger charge is -2.39. The number of piperidine rings is 1. The zero-order chi connectivity index (χ0) is 13.1. The number of alkyl halides is 2. The molecule has 1 saturated heterocycles. The Morgan fingerprint density at radius 3 is 2.06 bits per heavy atom. The summed E-state index contributed by atoms with van der Waals surface area (Å²) in [7, 11) is 1.00. The van der Waals surface area contributed by atoms with Crippen LogP contribution in [-0.2, 0) is 0 Å². The minimum Gasteiger partial charge on any atom is -0.400 e. The molecular weight excluding hydrogens is 224 g/mol. The molecule has 2 rings (SSSR count). The van der Waals surface area contributed by atoms with Crippen molar-refractivity contribution in [3.05, 3.63) is 0 Å². The van der Waals surface area contributed by atoms with Gasteiger partial charge in [0.15, 0.2) is 0 Å². The molecule has 1 atom stereocenters. The maximum absolute atomic E-state index is 12.7. The Kier molecular flexibility index (Phi) is 4.90. The summed E-state index contributed by atoms with van der Waals surface area (Å²) in [6.07, 6.45) is 3.67. The van der Waals surface area contributed by atoms with Crippen molar-refractivity contribution in [3.8, 4) is 0 Å². The Hall–Kier alpha value is -0.220. The van der Waals surface area contributed by atoms with Crippen molar-refractivity contribution in [2.75, 3.05) is 26.7 Å². The molecule has 1 saturated carbocycles. The minimum atomic E-state index is -2.34. The van der Waals surface area contributed by atoms with E-state index in [1.165, 1.54) is 19.3 Å². The minimum absolute atomic E-state index is 0.120. The average molecular weight is 249 g/mol. The van der Waals surface area contributed by atoms with E-state index < -0.39 is 5.92 Å². The summed E-state index contributed by atoms with van der Waals surface area (Å²) in [6.45, 7) is 7.18. The Balaban J connectivity index is 0.000000686. The van der Waals surface area contributed by atoms with Gasteiger partial charge in [-0.05, 0) is 31.3 Å². The van der Waals surface area contributed by atoms with E-state index in [2.05, 4.69) is 18.7 Å². The fourth-order valence-corrected chi connectivity index (χ4v) is 2.41. The third-order valence-electron chi connectivity index (χ3n) is 4.35. The first kappa shape index (κ1) is 14.8. The molecule has 102 valence electrons. The van der Waals surface area contributed by atoms with Crippen molar-refractivity contribution in [1.82, 2.24) is 4.90 Å². The van der Waals surface area contributed by atoms with E-state index in [4.69, 9.17) is 5.11 Å². The molecule has 1 aliphatic heterocycles. The van der Waals surface area contributed by atoms with Gasteiger partial charge in [-0.25, -0.2) is 8.78 Å². The fourth-order valence-electron chi connectivity index (χ4n) is 2.41. The summed E-state index contributed by atoms with van der Waals surface area (Å²) in [5, 5.41) is 7.00. The molecule has 1 aliphatic carbocycles. The number of hydrogen-bond donors (Lipinski definition) is 1. The van der Waals surface area contributed by atoms with E-state index in [-0.39, 0.29) is 12.3 Å². The van der Waals surface area contributed by atoms with Crippen LogP contribution in [-0.4, -0.2) is 42.7 Å². The number of hydrogen-bond acceptors (Lipinski definition) is 2. The quantitative estimate of drug-likeness (QED) is 0.831. The average Bonchev–Trinajstić information content (AvgIpc) is 2.92. The molecule has 0 spiro atoms. The van der Waals surface area contributed by atoms with Gasteiger partial charge in [-0.15, -0.1) is 0 Å². The molecule has 17 heavy (non-hydrogen) atoms. The van der Waals surface area contributed by atoms with Crippen molar-refractivity contribution in [1.29, 1.82) is 0 Å². The SMILES string of the molecule is CCC1(C)CCN(CC2CC2(F)F)CC1.CO. The molecule has 2 fully saturated rings. The maximum Gasteiger partial charge on any atom is 0.252 e. The summed E-state index contributed by atoms with van der Waals surface area (Å²) in [5.74, 6) is -2.69. The lowest BCUT2D eigenvalue weighted by atomic mass is 9.78. The molecule has 1 unspecified atom stereocenters. The Bertz CT molecular complexity index is 238. The van der Waals surface area contributed by atoms with Crippen molar-refractivity contribution in [2.45, 2.75) is 45.5 Å². The van der Waals surface area contributed by atoms with Gasteiger partial charge in [0.1, 0.15) is 0 Å². The highest BCUT2D eigenvalue weighted by Crippen LogP contribution is 2.49. The van der Waals surface area contributed by atoms with E-state index in [0.717, 1.165) is 20.2 Å². The van der Waals surface area contributed by atoms with Gasteiger partial charge in [-0.3, -0.25) is 0 Å². The number of halogens is 2. The lowest BCUT2D eigenvalue weighted by molar-refractivity contribution is 0.0683. The molecule has 2 nitrogen and oxygen atoms in total. The summed E-state index contributed by atoms with van der Waals surface area (Å²) in [5.41, 5.74) is 0.461. The number of rotatable bonds is 3. The molecule has 0 bridgehead atoms. The van der Waals surface area contributed by atoms with Gasteiger partial charge in [-0.2, -0.15) is 0 Å². The molecule has 4 heteroatoms. The predicted molar refractivity (Wildman–Crippen MR) is 65.3 cm³/mol. The second-order valence-corrected chi connectivity index (χ2v) is 5.63. The topological polar surface area (TPSA) is 23.5 Å². The standard InChI is InChI=1S/C12H21F2N.CH4O/c1-3-11(2)4-6-15(7-5-11)9-10-8-12(10,13)14;1-2/h10H,3-9H2,1-2H3;2H,1H3. The molecule has 2 aliphatic rings. The van der Waals surface area contributed by atoms with Crippen molar-refractivity contribution >= 4 is 0 Å². The highest BCUT2D eigenvalue weighted by Gasteiger charge is 2.57. The Morgan fingerprint density at radius 2 is 1.71 bits per heavy atom. The van der Waals surface area contributed by atoms with Gasteiger partial charge >= 0.3 is 0 Å². The van der Waals surface area contributed by atoms with Crippen LogP contribution >= 0.6 is 0 Å². The van der Waals surface area contributed by atoms with Gasteiger partial charge in [0, 0.05) is 26.0 Å². The van der Waals surface area contributed by atoms with Crippen molar-refractivity contribution < 1.29 is 13.9 Å². The zero-order valence-electron chi connectivity index (χ0n) is 11.2. The second kappa shape index (κ2) is 5.61. The van der Waals surface area contributed by atoms with Gasteiger partial charge < -0.3 is 10.0 Å². The summed E-state index contributed by atoms with van der Waals surface area (Å²) in [4.78, 5) is 2.23. The third-order valence-corrected chi connectivity index (χ3v) is 4.35. The van der Waals surface area contributed by atoms with E-state index in [0.29, 0.717) is 12.0 Å².